The van der Waals surface area contributed by atoms with Crippen molar-refractivity contribution in [2.24, 2.45) is 11.8 Å². The topological polar surface area (TPSA) is 3.24 Å². The summed E-state index contributed by atoms with van der Waals surface area (Å²) in [5.74, 6) is 1.72. The number of alkyl halides is 1. The average Bonchev–Trinajstić information content (AvgIpc) is 2.10. The van der Waals surface area contributed by atoms with E-state index in [9.17, 15) is 0 Å². The van der Waals surface area contributed by atoms with Crippen molar-refractivity contribution in [3.63, 3.8) is 0 Å². The van der Waals surface area contributed by atoms with Gasteiger partial charge in [-0.05, 0) is 44.2 Å². The molecular formula is C12H24BrN. The van der Waals surface area contributed by atoms with E-state index in [1.54, 1.807) is 0 Å². The van der Waals surface area contributed by atoms with Gasteiger partial charge in [-0.2, -0.15) is 0 Å². The number of likely N-dealkylation sites (tertiary alicyclic amines) is 1. The van der Waals surface area contributed by atoms with Crippen LogP contribution in [-0.4, -0.2) is 29.4 Å². The maximum Gasteiger partial charge on any atom is 0.0299 e. The Balaban J connectivity index is 2.13. The molecule has 0 aromatic heterocycles. The van der Waals surface area contributed by atoms with E-state index in [2.05, 4.69) is 41.6 Å². The molecule has 1 saturated heterocycles. The predicted molar refractivity (Wildman–Crippen MR) is 67.0 cm³/mol. The summed E-state index contributed by atoms with van der Waals surface area (Å²) in [6, 6.07) is 0. The van der Waals surface area contributed by atoms with Crippen LogP contribution in [0.2, 0.25) is 0 Å². The first-order valence-corrected chi connectivity index (χ1v) is 6.87. The van der Waals surface area contributed by atoms with Crippen molar-refractivity contribution in [2.45, 2.75) is 44.9 Å². The highest BCUT2D eigenvalue weighted by molar-refractivity contribution is 9.09. The molecule has 1 nitrogen and oxygen atoms in total. The second kappa shape index (κ2) is 6.12. The number of halogens is 1. The van der Waals surface area contributed by atoms with E-state index in [1.165, 1.54) is 38.9 Å². The lowest BCUT2D eigenvalue weighted by atomic mass is 9.98. The Morgan fingerprint density at radius 1 is 1.43 bits per heavy atom. The first kappa shape index (κ1) is 12.5. The van der Waals surface area contributed by atoms with E-state index in [0.717, 1.165) is 16.7 Å². The molecule has 2 unspecified atom stereocenters. The van der Waals surface area contributed by atoms with Crippen molar-refractivity contribution >= 4 is 15.9 Å². The lowest BCUT2D eigenvalue weighted by molar-refractivity contribution is 0.196. The molecule has 0 aliphatic carbocycles. The smallest absolute Gasteiger partial charge is 0.0299 e. The van der Waals surface area contributed by atoms with Crippen LogP contribution in [0.1, 0.15) is 40.0 Å². The molecule has 2 heteroatoms. The van der Waals surface area contributed by atoms with Gasteiger partial charge < -0.3 is 4.90 Å². The summed E-state index contributed by atoms with van der Waals surface area (Å²) in [6.07, 6.45) is 4.10. The fourth-order valence-corrected chi connectivity index (χ4v) is 2.69. The highest BCUT2D eigenvalue weighted by Crippen LogP contribution is 2.23. The van der Waals surface area contributed by atoms with Gasteiger partial charge in [0.2, 0.25) is 0 Å². The summed E-state index contributed by atoms with van der Waals surface area (Å²) in [6.45, 7) is 10.8. The third kappa shape index (κ3) is 4.31. The maximum atomic E-state index is 3.77. The monoisotopic (exact) mass is 261 g/mol. The van der Waals surface area contributed by atoms with Crippen LogP contribution < -0.4 is 0 Å². The molecule has 2 atom stereocenters. The molecule has 0 aromatic carbocycles. The number of hydrogen-bond acceptors (Lipinski definition) is 1. The molecule has 0 radical (unpaired) electrons. The molecule has 1 heterocycles. The molecular weight excluding hydrogens is 238 g/mol. The van der Waals surface area contributed by atoms with Crippen LogP contribution in [0.25, 0.3) is 0 Å². The molecule has 0 spiro atoms. The molecule has 1 fully saturated rings. The molecule has 0 N–H and O–H groups in total. The van der Waals surface area contributed by atoms with Gasteiger partial charge in [-0.3, -0.25) is 0 Å². The fourth-order valence-electron chi connectivity index (χ4n) is 2.01. The van der Waals surface area contributed by atoms with Crippen molar-refractivity contribution in [3.8, 4) is 0 Å². The largest absolute Gasteiger partial charge is 0.302 e. The third-order valence-electron chi connectivity index (χ3n) is 3.21. The Labute approximate surface area is 97.4 Å². The van der Waals surface area contributed by atoms with Crippen molar-refractivity contribution in [1.82, 2.24) is 4.90 Å². The van der Waals surface area contributed by atoms with Crippen LogP contribution in [0.5, 0.6) is 0 Å². The second-order valence-corrected chi connectivity index (χ2v) is 6.29. The maximum absolute atomic E-state index is 3.77. The van der Waals surface area contributed by atoms with Crippen molar-refractivity contribution in [1.29, 1.82) is 0 Å². The summed E-state index contributed by atoms with van der Waals surface area (Å²) in [5, 5.41) is 0. The number of hydrogen-bond donors (Lipinski definition) is 0. The highest BCUT2D eigenvalue weighted by Gasteiger charge is 2.23. The van der Waals surface area contributed by atoms with E-state index >= 15 is 0 Å². The van der Waals surface area contributed by atoms with Gasteiger partial charge in [-0.15, -0.1) is 0 Å². The number of piperidine rings is 1. The van der Waals surface area contributed by atoms with E-state index in [-0.39, 0.29) is 0 Å². The zero-order valence-corrected chi connectivity index (χ0v) is 11.4. The lowest BCUT2D eigenvalue weighted by Gasteiger charge is -2.34. The summed E-state index contributed by atoms with van der Waals surface area (Å²) >= 11 is 3.77. The number of rotatable bonds is 4. The zero-order chi connectivity index (χ0) is 10.6. The first-order valence-electron chi connectivity index (χ1n) is 5.96. The Morgan fingerprint density at radius 2 is 2.14 bits per heavy atom. The lowest BCUT2D eigenvalue weighted by Crippen LogP contribution is -2.40. The molecule has 1 aliphatic heterocycles. The predicted octanol–water partition coefficient (Wildman–Crippen LogP) is 3.53. The van der Waals surface area contributed by atoms with Crippen LogP contribution in [0.3, 0.4) is 0 Å². The van der Waals surface area contributed by atoms with Crippen LogP contribution >= 0.6 is 15.9 Å². The summed E-state index contributed by atoms with van der Waals surface area (Å²) < 4.78 is 0. The van der Waals surface area contributed by atoms with E-state index in [4.69, 9.17) is 0 Å². The van der Waals surface area contributed by atoms with Gasteiger partial charge in [0, 0.05) is 11.4 Å². The average molecular weight is 262 g/mol. The molecule has 0 amide bonds. The summed E-state index contributed by atoms with van der Waals surface area (Å²) in [7, 11) is 0. The van der Waals surface area contributed by atoms with E-state index in [0.29, 0.717) is 0 Å². The first-order chi connectivity index (χ1) is 6.59. The second-order valence-electron chi connectivity index (χ2n) is 5.12. The van der Waals surface area contributed by atoms with Crippen molar-refractivity contribution in [2.75, 3.05) is 19.6 Å². The Hall–Kier alpha value is 0.440. The van der Waals surface area contributed by atoms with Gasteiger partial charge in [-0.1, -0.05) is 36.7 Å². The molecule has 0 aromatic rings. The Bertz CT molecular complexity index is 158. The standard InChI is InChI=1S/C12H24BrN/c1-10(2)5-4-7-14-8-6-11(3)12(13)9-14/h10-12H,4-9H2,1-3H3. The Morgan fingerprint density at radius 3 is 2.71 bits per heavy atom. The van der Waals surface area contributed by atoms with Gasteiger partial charge in [0.1, 0.15) is 0 Å². The van der Waals surface area contributed by atoms with Gasteiger partial charge >= 0.3 is 0 Å². The van der Waals surface area contributed by atoms with Crippen LogP contribution in [0.15, 0.2) is 0 Å². The minimum atomic E-state index is 0.718. The molecule has 84 valence electrons. The SMILES string of the molecule is CC(C)CCCN1CCC(C)C(Br)C1. The molecule has 14 heavy (non-hydrogen) atoms. The van der Waals surface area contributed by atoms with Gasteiger partial charge in [0.25, 0.3) is 0 Å². The fraction of sp³-hybridized carbons (Fsp3) is 1.00. The van der Waals surface area contributed by atoms with Gasteiger partial charge in [-0.25, -0.2) is 0 Å². The molecule has 0 bridgehead atoms. The summed E-state index contributed by atoms with van der Waals surface area (Å²) in [4.78, 5) is 3.33. The summed E-state index contributed by atoms with van der Waals surface area (Å²) in [5.41, 5.74) is 0. The van der Waals surface area contributed by atoms with E-state index < -0.39 is 0 Å². The Kier molecular flexibility index (Phi) is 5.47. The van der Waals surface area contributed by atoms with E-state index in [1.807, 2.05) is 0 Å². The normalized spacial score (nSPS) is 29.8. The molecule has 0 saturated carbocycles. The number of nitrogens with zero attached hydrogens (tertiary/aromatic N) is 1. The molecule has 1 aliphatic rings. The highest BCUT2D eigenvalue weighted by atomic mass is 79.9. The third-order valence-corrected chi connectivity index (χ3v) is 4.40. The van der Waals surface area contributed by atoms with Gasteiger partial charge in [0.05, 0.1) is 0 Å². The van der Waals surface area contributed by atoms with Crippen molar-refractivity contribution in [3.05, 3.63) is 0 Å². The van der Waals surface area contributed by atoms with Gasteiger partial charge in [0.15, 0.2) is 0 Å². The van der Waals surface area contributed by atoms with Crippen molar-refractivity contribution < 1.29 is 0 Å². The van der Waals surface area contributed by atoms with Crippen LogP contribution in [0, 0.1) is 11.8 Å². The zero-order valence-electron chi connectivity index (χ0n) is 9.80. The minimum absolute atomic E-state index is 0.718. The molecule has 1 rings (SSSR count). The van der Waals surface area contributed by atoms with Crippen LogP contribution in [0.4, 0.5) is 0 Å². The quantitative estimate of drug-likeness (QED) is 0.700. The van der Waals surface area contributed by atoms with Crippen LogP contribution in [-0.2, 0) is 0 Å². The minimum Gasteiger partial charge on any atom is -0.302 e.